The number of rotatable bonds is 6. The van der Waals surface area contributed by atoms with Crippen LogP contribution in [0, 0.1) is 0 Å². The van der Waals surface area contributed by atoms with Crippen molar-refractivity contribution >= 4 is 43.7 Å². The van der Waals surface area contributed by atoms with Gasteiger partial charge in [-0.3, -0.25) is 0 Å². The topological polar surface area (TPSA) is 56.7 Å². The van der Waals surface area contributed by atoms with E-state index in [1.165, 1.54) is 0 Å². The maximum atomic E-state index is 6.77. The average molecular weight is 717 g/mol. The van der Waals surface area contributed by atoms with Crippen LogP contribution < -0.4 is 0 Å². The molecule has 0 N–H and O–H groups in total. The summed E-state index contributed by atoms with van der Waals surface area (Å²) in [6, 6.07) is 67.3. The van der Waals surface area contributed by atoms with E-state index in [0.29, 0.717) is 17.5 Å². The SMILES string of the molecule is c1ccc(-c2cccc(-c3nc(-c4ccccc4)nc(-c4ccccc4-n4c5ccccc5c5cc6c(cc54)oc4c(-c5ccccc5)cccc46)n3)c2)cc1. The number of aromatic nitrogens is 4. The molecule has 5 heteroatoms. The molecule has 5 nitrogen and oxygen atoms in total. The largest absolute Gasteiger partial charge is 0.455 e. The van der Waals surface area contributed by atoms with E-state index in [9.17, 15) is 0 Å². The Morgan fingerprint density at radius 3 is 1.71 bits per heavy atom. The minimum absolute atomic E-state index is 0.595. The van der Waals surface area contributed by atoms with Gasteiger partial charge in [-0.1, -0.05) is 158 Å². The second kappa shape index (κ2) is 13.0. The summed E-state index contributed by atoms with van der Waals surface area (Å²) in [6.07, 6.45) is 0. The number of benzene rings is 8. The Labute approximate surface area is 322 Å². The van der Waals surface area contributed by atoms with E-state index in [-0.39, 0.29) is 0 Å². The monoisotopic (exact) mass is 716 g/mol. The van der Waals surface area contributed by atoms with Crippen LogP contribution in [-0.2, 0) is 0 Å². The summed E-state index contributed by atoms with van der Waals surface area (Å²) in [5.74, 6) is 1.82. The molecule has 0 unspecified atom stereocenters. The molecule has 0 spiro atoms. The van der Waals surface area contributed by atoms with Crippen LogP contribution in [0.2, 0.25) is 0 Å². The quantitative estimate of drug-likeness (QED) is 0.172. The maximum Gasteiger partial charge on any atom is 0.166 e. The van der Waals surface area contributed by atoms with Gasteiger partial charge >= 0.3 is 0 Å². The third-order valence-corrected chi connectivity index (χ3v) is 10.7. The van der Waals surface area contributed by atoms with Crippen LogP contribution in [0.4, 0.5) is 0 Å². The second-order valence-corrected chi connectivity index (χ2v) is 14.0. The molecular weight excluding hydrogens is 685 g/mol. The van der Waals surface area contributed by atoms with Gasteiger partial charge in [0, 0.05) is 49.9 Å². The van der Waals surface area contributed by atoms with Crippen molar-refractivity contribution in [3.63, 3.8) is 0 Å². The smallest absolute Gasteiger partial charge is 0.166 e. The molecule has 56 heavy (non-hydrogen) atoms. The number of nitrogens with zero attached hydrogens (tertiary/aromatic N) is 4. The predicted octanol–water partition coefficient (Wildman–Crippen LogP) is 13.2. The average Bonchev–Trinajstić information content (AvgIpc) is 3.81. The van der Waals surface area contributed by atoms with Gasteiger partial charge in [0.15, 0.2) is 17.5 Å². The Morgan fingerprint density at radius 2 is 0.911 bits per heavy atom. The molecule has 0 atom stereocenters. The maximum absolute atomic E-state index is 6.77. The van der Waals surface area contributed by atoms with Gasteiger partial charge in [-0.15, -0.1) is 0 Å². The molecule has 3 aromatic heterocycles. The van der Waals surface area contributed by atoms with Crippen LogP contribution in [-0.4, -0.2) is 19.5 Å². The zero-order valence-electron chi connectivity index (χ0n) is 30.2. The van der Waals surface area contributed by atoms with E-state index < -0.39 is 0 Å². The van der Waals surface area contributed by atoms with Crippen LogP contribution >= 0.6 is 0 Å². The van der Waals surface area contributed by atoms with Gasteiger partial charge in [-0.25, -0.2) is 15.0 Å². The van der Waals surface area contributed by atoms with Gasteiger partial charge in [0.2, 0.25) is 0 Å². The Kier molecular flexibility index (Phi) is 7.42. The lowest BCUT2D eigenvalue weighted by Gasteiger charge is -2.14. The molecule has 3 heterocycles. The Morgan fingerprint density at radius 1 is 0.339 bits per heavy atom. The van der Waals surface area contributed by atoms with Gasteiger partial charge in [-0.05, 0) is 47.0 Å². The molecule has 0 amide bonds. The predicted molar refractivity (Wildman–Crippen MR) is 229 cm³/mol. The van der Waals surface area contributed by atoms with Crippen LogP contribution in [0.25, 0.3) is 106 Å². The van der Waals surface area contributed by atoms with Crippen molar-refractivity contribution in [1.29, 1.82) is 0 Å². The van der Waals surface area contributed by atoms with E-state index in [4.69, 9.17) is 19.4 Å². The van der Waals surface area contributed by atoms with E-state index in [2.05, 4.69) is 156 Å². The highest BCUT2D eigenvalue weighted by Crippen LogP contribution is 2.42. The first-order valence-corrected chi connectivity index (χ1v) is 18.8. The number of fused-ring (bicyclic) bond motifs is 6. The molecule has 0 aliphatic heterocycles. The fourth-order valence-corrected chi connectivity index (χ4v) is 8.03. The molecule has 11 rings (SSSR count). The Bertz CT molecular complexity index is 3240. The van der Waals surface area contributed by atoms with Crippen LogP contribution in [0.5, 0.6) is 0 Å². The lowest BCUT2D eigenvalue weighted by Crippen LogP contribution is -2.03. The first-order chi connectivity index (χ1) is 27.8. The lowest BCUT2D eigenvalue weighted by atomic mass is 10.0. The molecule has 8 aromatic carbocycles. The van der Waals surface area contributed by atoms with Crippen LogP contribution in [0.1, 0.15) is 0 Å². The van der Waals surface area contributed by atoms with Crippen molar-refractivity contribution in [3.05, 3.63) is 194 Å². The highest BCUT2D eigenvalue weighted by atomic mass is 16.3. The molecule has 0 fully saturated rings. The van der Waals surface area contributed by atoms with Crippen molar-refractivity contribution < 1.29 is 4.42 Å². The van der Waals surface area contributed by atoms with Crippen molar-refractivity contribution in [2.75, 3.05) is 0 Å². The van der Waals surface area contributed by atoms with Gasteiger partial charge in [0.25, 0.3) is 0 Å². The Balaban J connectivity index is 1.14. The number of para-hydroxylation sites is 3. The molecule has 0 saturated heterocycles. The van der Waals surface area contributed by atoms with Gasteiger partial charge in [0.05, 0.1) is 16.7 Å². The molecule has 0 saturated carbocycles. The summed E-state index contributed by atoms with van der Waals surface area (Å²) in [4.78, 5) is 15.5. The van der Waals surface area contributed by atoms with Gasteiger partial charge in [-0.2, -0.15) is 0 Å². The van der Waals surface area contributed by atoms with Gasteiger partial charge < -0.3 is 8.98 Å². The summed E-state index contributed by atoms with van der Waals surface area (Å²) in [5.41, 5.74) is 12.0. The third kappa shape index (κ3) is 5.29. The highest BCUT2D eigenvalue weighted by Gasteiger charge is 2.21. The van der Waals surface area contributed by atoms with Crippen molar-refractivity contribution in [3.8, 4) is 62.1 Å². The zero-order chi connectivity index (χ0) is 37.0. The van der Waals surface area contributed by atoms with Crippen molar-refractivity contribution in [1.82, 2.24) is 19.5 Å². The summed E-state index contributed by atoms with van der Waals surface area (Å²) >= 11 is 0. The van der Waals surface area contributed by atoms with E-state index in [1.807, 2.05) is 42.5 Å². The minimum Gasteiger partial charge on any atom is -0.455 e. The van der Waals surface area contributed by atoms with Crippen molar-refractivity contribution in [2.45, 2.75) is 0 Å². The highest BCUT2D eigenvalue weighted by molar-refractivity contribution is 6.18. The molecule has 11 aromatic rings. The van der Waals surface area contributed by atoms with E-state index in [1.54, 1.807) is 0 Å². The molecule has 0 bridgehead atoms. The number of hydrogen-bond donors (Lipinski definition) is 0. The lowest BCUT2D eigenvalue weighted by molar-refractivity contribution is 0.670. The minimum atomic E-state index is 0.595. The number of furan rings is 1. The summed E-state index contributed by atoms with van der Waals surface area (Å²) in [7, 11) is 0. The fourth-order valence-electron chi connectivity index (χ4n) is 8.03. The number of hydrogen-bond acceptors (Lipinski definition) is 4. The zero-order valence-corrected chi connectivity index (χ0v) is 30.2. The summed E-state index contributed by atoms with van der Waals surface area (Å²) < 4.78 is 9.10. The molecule has 0 aliphatic rings. The van der Waals surface area contributed by atoms with Crippen LogP contribution in [0.15, 0.2) is 199 Å². The summed E-state index contributed by atoms with van der Waals surface area (Å²) in [5, 5.41) is 4.50. The van der Waals surface area contributed by atoms with Gasteiger partial charge in [0.1, 0.15) is 11.2 Å². The molecule has 0 aliphatic carbocycles. The molecule has 0 radical (unpaired) electrons. The third-order valence-electron chi connectivity index (χ3n) is 10.7. The first-order valence-electron chi connectivity index (χ1n) is 18.8. The van der Waals surface area contributed by atoms with Crippen LogP contribution in [0.3, 0.4) is 0 Å². The van der Waals surface area contributed by atoms with E-state index >= 15 is 0 Å². The van der Waals surface area contributed by atoms with E-state index in [0.717, 1.165) is 88.4 Å². The second-order valence-electron chi connectivity index (χ2n) is 14.0. The fraction of sp³-hybridized carbons (Fsp3) is 0. The van der Waals surface area contributed by atoms with Crippen molar-refractivity contribution in [2.24, 2.45) is 0 Å². The Hall–Kier alpha value is -7.63. The standard InChI is InChI=1S/C51H32N4O/c1-4-16-33(17-5-1)36-22-14-23-37(30-36)50-52-49(35-20-8-3-9-21-35)53-51(54-50)41-25-11-13-29-45(41)55-44-28-12-10-24-39(44)42-31-43-40-27-15-26-38(34-18-6-2-7-19-34)48(40)56-47(43)32-46(42)55/h1-32H. The first kappa shape index (κ1) is 31.9. The molecule has 262 valence electrons. The summed E-state index contributed by atoms with van der Waals surface area (Å²) in [6.45, 7) is 0. The normalized spacial score (nSPS) is 11.6. The molecular formula is C51H32N4O.